The minimum Gasteiger partial charge on any atom is -0.261 e. The minimum atomic E-state index is 0.603. The summed E-state index contributed by atoms with van der Waals surface area (Å²) in [6.07, 6.45) is 4.15. The van der Waals surface area contributed by atoms with E-state index in [1.807, 2.05) is 18.3 Å². The average molecular weight is 242 g/mol. The number of alkyl halides is 1. The summed E-state index contributed by atoms with van der Waals surface area (Å²) in [6, 6.07) is 6.10. The van der Waals surface area contributed by atoms with Gasteiger partial charge in [-0.1, -0.05) is 35.8 Å². The molecule has 72 valence electrons. The van der Waals surface area contributed by atoms with E-state index in [4.69, 9.17) is 0 Å². The molecule has 2 heteroatoms. The molecular formula is C11H16BrN. The first-order valence-corrected chi connectivity index (χ1v) is 5.64. The van der Waals surface area contributed by atoms with Crippen molar-refractivity contribution in [1.29, 1.82) is 0 Å². The van der Waals surface area contributed by atoms with Gasteiger partial charge in [-0.15, -0.1) is 0 Å². The van der Waals surface area contributed by atoms with Crippen molar-refractivity contribution in [3.8, 4) is 0 Å². The number of aromatic nitrogens is 1. The van der Waals surface area contributed by atoms with Gasteiger partial charge in [-0.05, 0) is 30.9 Å². The number of rotatable bonds is 4. The molecule has 0 N–H and O–H groups in total. The second kappa shape index (κ2) is 5.38. The summed E-state index contributed by atoms with van der Waals surface area (Å²) in [5.74, 6) is 0.698. The lowest BCUT2D eigenvalue weighted by molar-refractivity contribution is 0.526. The fourth-order valence-electron chi connectivity index (χ4n) is 1.51. The maximum absolute atomic E-state index is 4.31. The van der Waals surface area contributed by atoms with Crippen LogP contribution in [0.3, 0.4) is 0 Å². The molecule has 0 bridgehead atoms. The summed E-state index contributed by atoms with van der Waals surface area (Å²) in [5, 5.41) is 0. The van der Waals surface area contributed by atoms with Crippen LogP contribution >= 0.6 is 15.9 Å². The smallest absolute Gasteiger partial charge is 0.0406 e. The fraction of sp³-hybridized carbons (Fsp3) is 0.545. The van der Waals surface area contributed by atoms with Crippen LogP contribution in [0.4, 0.5) is 0 Å². The van der Waals surface area contributed by atoms with E-state index in [1.165, 1.54) is 12.1 Å². The second-order valence-corrected chi connectivity index (χ2v) is 5.21. The topological polar surface area (TPSA) is 12.9 Å². The van der Waals surface area contributed by atoms with Crippen molar-refractivity contribution in [1.82, 2.24) is 4.98 Å². The van der Waals surface area contributed by atoms with Crippen molar-refractivity contribution in [3.05, 3.63) is 30.1 Å². The van der Waals surface area contributed by atoms with E-state index >= 15 is 0 Å². The SMILES string of the molecule is CC(Br)CC(C)Cc1ccccn1. The number of pyridine rings is 1. The molecule has 0 radical (unpaired) electrons. The maximum Gasteiger partial charge on any atom is 0.0406 e. The molecular weight excluding hydrogens is 226 g/mol. The third kappa shape index (κ3) is 4.41. The Labute approximate surface area is 88.7 Å². The van der Waals surface area contributed by atoms with Crippen molar-refractivity contribution in [2.24, 2.45) is 5.92 Å². The van der Waals surface area contributed by atoms with Crippen LogP contribution in [0.1, 0.15) is 26.0 Å². The summed E-state index contributed by atoms with van der Waals surface area (Å²) in [4.78, 5) is 4.91. The normalized spacial score (nSPS) is 15.3. The number of hydrogen-bond acceptors (Lipinski definition) is 1. The third-order valence-corrected chi connectivity index (χ3v) is 2.38. The van der Waals surface area contributed by atoms with Crippen molar-refractivity contribution in [3.63, 3.8) is 0 Å². The quantitative estimate of drug-likeness (QED) is 0.737. The van der Waals surface area contributed by atoms with E-state index in [9.17, 15) is 0 Å². The molecule has 0 saturated heterocycles. The first-order valence-electron chi connectivity index (χ1n) is 4.72. The number of hydrogen-bond donors (Lipinski definition) is 0. The van der Waals surface area contributed by atoms with E-state index in [0.717, 1.165) is 6.42 Å². The molecule has 1 rings (SSSR count). The Morgan fingerprint density at radius 2 is 2.15 bits per heavy atom. The zero-order chi connectivity index (χ0) is 9.68. The second-order valence-electron chi connectivity index (χ2n) is 3.65. The van der Waals surface area contributed by atoms with Crippen LogP contribution < -0.4 is 0 Å². The minimum absolute atomic E-state index is 0.603. The van der Waals surface area contributed by atoms with Crippen LogP contribution in [0.25, 0.3) is 0 Å². The summed E-state index contributed by atoms with van der Waals surface area (Å²) in [5.41, 5.74) is 1.20. The molecule has 1 heterocycles. The highest BCUT2D eigenvalue weighted by Crippen LogP contribution is 2.15. The molecule has 0 saturated carbocycles. The number of nitrogens with zero attached hydrogens (tertiary/aromatic N) is 1. The summed E-state index contributed by atoms with van der Waals surface area (Å²) in [6.45, 7) is 4.46. The summed E-state index contributed by atoms with van der Waals surface area (Å²) >= 11 is 3.57. The molecule has 1 aromatic heterocycles. The van der Waals surface area contributed by atoms with Crippen molar-refractivity contribution >= 4 is 15.9 Å². The van der Waals surface area contributed by atoms with Crippen LogP contribution in [-0.2, 0) is 6.42 Å². The van der Waals surface area contributed by atoms with Crippen molar-refractivity contribution in [2.45, 2.75) is 31.5 Å². The van der Waals surface area contributed by atoms with Gasteiger partial charge in [0.1, 0.15) is 0 Å². The van der Waals surface area contributed by atoms with Gasteiger partial charge in [-0.3, -0.25) is 4.98 Å². The van der Waals surface area contributed by atoms with Gasteiger partial charge in [-0.2, -0.15) is 0 Å². The van der Waals surface area contributed by atoms with Gasteiger partial charge in [0.05, 0.1) is 0 Å². The zero-order valence-corrected chi connectivity index (χ0v) is 9.79. The largest absolute Gasteiger partial charge is 0.261 e. The summed E-state index contributed by atoms with van der Waals surface area (Å²) < 4.78 is 0. The predicted octanol–water partition coefficient (Wildman–Crippen LogP) is 3.43. The lowest BCUT2D eigenvalue weighted by atomic mass is 10.00. The molecule has 2 unspecified atom stereocenters. The zero-order valence-electron chi connectivity index (χ0n) is 8.20. The third-order valence-electron chi connectivity index (χ3n) is 2.01. The Kier molecular flexibility index (Phi) is 4.43. The molecule has 2 atom stereocenters. The standard InChI is InChI=1S/C11H16BrN/c1-9(7-10(2)12)8-11-5-3-4-6-13-11/h3-6,9-10H,7-8H2,1-2H3. The molecule has 0 spiro atoms. The van der Waals surface area contributed by atoms with Gasteiger partial charge in [0, 0.05) is 16.7 Å². The Morgan fingerprint density at radius 3 is 2.69 bits per heavy atom. The monoisotopic (exact) mass is 241 g/mol. The molecule has 13 heavy (non-hydrogen) atoms. The molecule has 0 aliphatic heterocycles. The van der Waals surface area contributed by atoms with E-state index in [-0.39, 0.29) is 0 Å². The molecule has 0 aliphatic rings. The van der Waals surface area contributed by atoms with Crippen molar-refractivity contribution in [2.75, 3.05) is 0 Å². The van der Waals surface area contributed by atoms with Crippen LogP contribution in [0.5, 0.6) is 0 Å². The Bertz CT molecular complexity index is 233. The predicted molar refractivity (Wildman–Crippen MR) is 60.1 cm³/mol. The van der Waals surface area contributed by atoms with Gasteiger partial charge >= 0.3 is 0 Å². The van der Waals surface area contributed by atoms with Gasteiger partial charge in [0.15, 0.2) is 0 Å². The Balaban J connectivity index is 2.41. The van der Waals surface area contributed by atoms with E-state index in [1.54, 1.807) is 0 Å². The lowest BCUT2D eigenvalue weighted by Crippen LogP contribution is -2.06. The highest BCUT2D eigenvalue weighted by Gasteiger charge is 2.07. The van der Waals surface area contributed by atoms with Crippen LogP contribution in [0, 0.1) is 5.92 Å². The van der Waals surface area contributed by atoms with Crippen molar-refractivity contribution < 1.29 is 0 Å². The highest BCUT2D eigenvalue weighted by molar-refractivity contribution is 9.09. The van der Waals surface area contributed by atoms with Gasteiger partial charge < -0.3 is 0 Å². The number of halogens is 1. The lowest BCUT2D eigenvalue weighted by Gasteiger charge is -2.11. The van der Waals surface area contributed by atoms with Crippen LogP contribution in [0.15, 0.2) is 24.4 Å². The Hall–Kier alpha value is -0.370. The van der Waals surface area contributed by atoms with Crippen LogP contribution in [0.2, 0.25) is 0 Å². The van der Waals surface area contributed by atoms with E-state index in [0.29, 0.717) is 10.7 Å². The molecule has 1 nitrogen and oxygen atoms in total. The first kappa shape index (κ1) is 10.7. The Morgan fingerprint density at radius 1 is 1.38 bits per heavy atom. The van der Waals surface area contributed by atoms with E-state index in [2.05, 4.69) is 40.8 Å². The molecule has 0 aliphatic carbocycles. The van der Waals surface area contributed by atoms with Gasteiger partial charge in [-0.25, -0.2) is 0 Å². The van der Waals surface area contributed by atoms with Gasteiger partial charge in [0.25, 0.3) is 0 Å². The first-order chi connectivity index (χ1) is 6.18. The van der Waals surface area contributed by atoms with Gasteiger partial charge in [0.2, 0.25) is 0 Å². The molecule has 0 amide bonds. The highest BCUT2D eigenvalue weighted by atomic mass is 79.9. The molecule has 0 fully saturated rings. The molecule has 1 aromatic rings. The van der Waals surface area contributed by atoms with Crippen LogP contribution in [-0.4, -0.2) is 9.81 Å². The fourth-order valence-corrected chi connectivity index (χ4v) is 2.15. The van der Waals surface area contributed by atoms with E-state index < -0.39 is 0 Å². The summed E-state index contributed by atoms with van der Waals surface area (Å²) in [7, 11) is 0. The molecule has 0 aromatic carbocycles. The maximum atomic E-state index is 4.31. The average Bonchev–Trinajstić information content (AvgIpc) is 2.04.